The third-order valence-electron chi connectivity index (χ3n) is 6.60. The molecule has 0 aromatic carbocycles. The fraction of sp³-hybridized carbons (Fsp3) is 0.0571. The van der Waals surface area contributed by atoms with Gasteiger partial charge in [0.05, 0.1) is 44.3 Å². The molecular weight excluding hydrogens is 837 g/mol. The first-order valence-electron chi connectivity index (χ1n) is 14.5. The average Bonchev–Trinajstić information content (AvgIpc) is 3.84. The molecule has 6 aromatic rings. The van der Waals surface area contributed by atoms with Crippen molar-refractivity contribution < 1.29 is 62.4 Å². The third-order valence-corrected chi connectivity index (χ3v) is 7.65. The van der Waals surface area contributed by atoms with Gasteiger partial charge in [-0.2, -0.15) is 18.3 Å². The van der Waals surface area contributed by atoms with E-state index in [1.807, 2.05) is 12.1 Å². The number of thiocarbonyl (C=S) groups is 1. The van der Waals surface area contributed by atoms with E-state index in [1.165, 1.54) is 65.3 Å². The number of halogens is 3. The van der Waals surface area contributed by atoms with Gasteiger partial charge in [-0.3, -0.25) is 15.0 Å². The van der Waals surface area contributed by atoms with Crippen molar-refractivity contribution in [3.63, 3.8) is 0 Å². The number of nitrogens with zero attached hydrogens (tertiary/aromatic N) is 7. The van der Waals surface area contributed by atoms with E-state index in [-0.39, 0.29) is 64.6 Å². The Morgan fingerprint density at radius 1 is 0.778 bits per heavy atom. The van der Waals surface area contributed by atoms with Crippen molar-refractivity contribution in [3.8, 4) is 56.4 Å². The monoisotopic (exact) mass is 857 g/mol. The molecule has 0 unspecified atom stereocenters. The number of aromatic carboxylic acids is 3. The van der Waals surface area contributed by atoms with E-state index in [9.17, 15) is 32.7 Å². The van der Waals surface area contributed by atoms with Crippen molar-refractivity contribution >= 4 is 46.6 Å². The molecule has 19 heteroatoms. The van der Waals surface area contributed by atoms with Crippen molar-refractivity contribution in [2.75, 3.05) is 0 Å². The van der Waals surface area contributed by atoms with Gasteiger partial charge in [0.2, 0.25) is 0 Å². The van der Waals surface area contributed by atoms with E-state index in [4.69, 9.17) is 15.6 Å². The molecule has 0 fully saturated rings. The number of isothiocyanates is 1. The Bertz CT molecular complexity index is 2330. The van der Waals surface area contributed by atoms with Gasteiger partial charge < -0.3 is 30.9 Å². The molecular formula is C35H20F3N7O6RuS2. The Kier molecular flexibility index (Phi) is 14.8. The Labute approximate surface area is 325 Å². The molecule has 6 aromatic heterocycles. The van der Waals surface area contributed by atoms with E-state index in [1.54, 1.807) is 25.3 Å². The standard InChI is InChI=1S/C18H11N3O6.C16H9F3N3S.CNS.Ru/c22-16(23)9-1-3-19-12(5-9)14-7-11(18(26)27)8-15(21-14)13-6-10(17(24)25)2-4-20-13;1-2-3-11-5-7-14(23-11)10-4-6-12(20-9-10)13-8-15(22-21-13)16(17,18)19;2-1-3;/h1-8H,(H,22,23)(H,24,25)(H,26,27);4-9H,1H3;;/q;2*-1;+2. The second kappa shape index (κ2) is 19.0. The summed E-state index contributed by atoms with van der Waals surface area (Å²) in [5, 5.41) is 42.7. The van der Waals surface area contributed by atoms with Crippen LogP contribution in [0.3, 0.4) is 0 Å². The minimum Gasteiger partial charge on any atom is -0.753 e. The number of rotatable bonds is 7. The van der Waals surface area contributed by atoms with Gasteiger partial charge in [0.25, 0.3) is 0 Å². The second-order valence-corrected chi connectivity index (χ2v) is 11.3. The van der Waals surface area contributed by atoms with E-state index >= 15 is 0 Å². The van der Waals surface area contributed by atoms with Crippen LogP contribution in [0.2, 0.25) is 0 Å². The maximum absolute atomic E-state index is 12.5. The number of hydrogen-bond donors (Lipinski definition) is 3. The minimum absolute atomic E-state index is 0. The number of alkyl halides is 3. The zero-order chi connectivity index (χ0) is 38.7. The fourth-order valence-electron chi connectivity index (χ4n) is 4.26. The fourth-order valence-corrected chi connectivity index (χ4v) is 5.16. The molecule has 0 radical (unpaired) electrons. The Balaban J connectivity index is 0.000000269. The maximum atomic E-state index is 12.5. The second-order valence-electron chi connectivity index (χ2n) is 10.1. The SMILES string of the molecule is CC#Cc1ccc(-c2ccc(-c3cc(C(F)(F)F)n[n-]3)nc2)s1.O=C(O)c1ccnc(-c2cc(C(=O)O)cc(-c3cc(C(=O)O)ccn3)n2)c1.[N-]=C=S.[Ru+2]. The summed E-state index contributed by atoms with van der Waals surface area (Å²) in [4.78, 5) is 52.2. The summed E-state index contributed by atoms with van der Waals surface area (Å²) in [5.41, 5.74) is 0.686. The van der Waals surface area contributed by atoms with Crippen LogP contribution in [-0.2, 0) is 25.7 Å². The molecule has 6 rings (SSSR count). The molecule has 6 heterocycles. The first-order valence-corrected chi connectivity index (χ1v) is 15.7. The van der Waals surface area contributed by atoms with Crippen LogP contribution in [0.1, 0.15) is 48.6 Å². The summed E-state index contributed by atoms with van der Waals surface area (Å²) in [6.45, 7) is 1.77. The number of pyridine rings is 4. The number of carboxylic acid groups (broad SMARTS) is 3. The summed E-state index contributed by atoms with van der Waals surface area (Å²) >= 11 is 5.23. The van der Waals surface area contributed by atoms with E-state index < -0.39 is 29.8 Å². The number of carbonyl (C=O) groups is 3. The zero-order valence-corrected chi connectivity index (χ0v) is 30.5. The molecule has 0 aliphatic heterocycles. The zero-order valence-electron chi connectivity index (χ0n) is 27.1. The largest absolute Gasteiger partial charge is 2.00 e. The number of aromatic nitrogens is 6. The van der Waals surface area contributed by atoms with Crippen LogP contribution in [0.5, 0.6) is 0 Å². The van der Waals surface area contributed by atoms with Gasteiger partial charge in [-0.25, -0.2) is 19.4 Å². The quantitative estimate of drug-likeness (QED) is 0.0629. The van der Waals surface area contributed by atoms with Crippen molar-refractivity contribution in [2.24, 2.45) is 0 Å². The van der Waals surface area contributed by atoms with Crippen LogP contribution in [0.4, 0.5) is 13.2 Å². The van der Waals surface area contributed by atoms with Crippen LogP contribution in [0.15, 0.2) is 85.3 Å². The first-order chi connectivity index (χ1) is 25.2. The number of thiophene rings is 1. The van der Waals surface area contributed by atoms with Crippen molar-refractivity contribution in [1.29, 1.82) is 0 Å². The van der Waals surface area contributed by atoms with Crippen LogP contribution in [-0.4, -0.2) is 63.4 Å². The summed E-state index contributed by atoms with van der Waals surface area (Å²) in [5.74, 6) is 2.25. The number of hydrogen-bond acceptors (Lipinski definition) is 10. The molecule has 0 bridgehead atoms. The van der Waals surface area contributed by atoms with Crippen molar-refractivity contribution in [1.82, 2.24) is 30.1 Å². The predicted octanol–water partition coefficient (Wildman–Crippen LogP) is 7.18. The van der Waals surface area contributed by atoms with Crippen LogP contribution in [0, 0.1) is 11.8 Å². The molecule has 3 N–H and O–H groups in total. The molecule has 0 amide bonds. The summed E-state index contributed by atoms with van der Waals surface area (Å²) < 4.78 is 37.6. The van der Waals surface area contributed by atoms with Gasteiger partial charge in [-0.1, -0.05) is 23.8 Å². The molecule has 0 aliphatic rings. The van der Waals surface area contributed by atoms with Gasteiger partial charge in [-0.15, -0.1) is 17.3 Å². The van der Waals surface area contributed by atoms with Crippen LogP contribution < -0.4 is 5.10 Å². The van der Waals surface area contributed by atoms with E-state index in [0.717, 1.165) is 21.4 Å². The van der Waals surface area contributed by atoms with Crippen molar-refractivity contribution in [3.05, 3.63) is 118 Å². The molecule has 0 saturated carbocycles. The van der Waals surface area contributed by atoms with Gasteiger partial charge in [0.1, 0.15) is 5.69 Å². The minimum atomic E-state index is -4.50. The molecule has 0 spiro atoms. The number of carboxylic acids is 3. The summed E-state index contributed by atoms with van der Waals surface area (Å²) in [7, 11) is 0. The molecule has 0 saturated heterocycles. The van der Waals surface area contributed by atoms with Crippen LogP contribution in [0.25, 0.3) is 50.0 Å². The van der Waals surface area contributed by atoms with E-state index in [0.29, 0.717) is 5.69 Å². The average molecular weight is 857 g/mol. The topological polar surface area (TPSA) is 213 Å². The maximum Gasteiger partial charge on any atom is 2.00 e. The van der Waals surface area contributed by atoms with E-state index in [2.05, 4.69) is 54.2 Å². The van der Waals surface area contributed by atoms with Crippen molar-refractivity contribution in [2.45, 2.75) is 13.1 Å². The van der Waals surface area contributed by atoms with Gasteiger partial charge in [-0.05, 0) is 73.7 Å². The van der Waals surface area contributed by atoms with Crippen LogP contribution >= 0.6 is 23.6 Å². The third kappa shape index (κ3) is 11.1. The summed E-state index contributed by atoms with van der Waals surface area (Å²) in [6, 6.07) is 15.8. The van der Waals surface area contributed by atoms with Gasteiger partial charge in [0.15, 0.2) is 0 Å². The Morgan fingerprint density at radius 3 is 1.76 bits per heavy atom. The smallest absolute Gasteiger partial charge is 0.753 e. The molecule has 13 nitrogen and oxygen atoms in total. The molecule has 0 aliphatic carbocycles. The normalized spacial score (nSPS) is 10.1. The molecule has 272 valence electrons. The Hall–Kier alpha value is -6.31. The van der Waals surface area contributed by atoms with Gasteiger partial charge in [0, 0.05) is 34.7 Å². The molecule has 0 atom stereocenters. The Morgan fingerprint density at radius 2 is 1.31 bits per heavy atom. The van der Waals surface area contributed by atoms with Gasteiger partial charge >= 0.3 is 43.6 Å². The first kappa shape index (κ1) is 42.1. The molecule has 54 heavy (non-hydrogen) atoms. The predicted molar refractivity (Wildman–Crippen MR) is 189 cm³/mol. The summed E-state index contributed by atoms with van der Waals surface area (Å²) in [6.07, 6.45) is -0.348.